The van der Waals surface area contributed by atoms with Gasteiger partial charge in [-0.25, -0.2) is 0 Å². The summed E-state index contributed by atoms with van der Waals surface area (Å²) in [5.74, 6) is 1.27. The van der Waals surface area contributed by atoms with Crippen LogP contribution in [0.2, 0.25) is 0 Å². The van der Waals surface area contributed by atoms with Crippen LogP contribution in [0, 0.1) is 12.8 Å². The normalized spacial score (nSPS) is 10.8. The molecule has 0 N–H and O–H groups in total. The van der Waals surface area contributed by atoms with E-state index in [-0.39, 0.29) is 0 Å². The predicted molar refractivity (Wildman–Crippen MR) is 68.8 cm³/mol. The Morgan fingerprint density at radius 1 is 1.33 bits per heavy atom. The summed E-state index contributed by atoms with van der Waals surface area (Å²) < 4.78 is 0. The van der Waals surface area contributed by atoms with Crippen LogP contribution in [-0.4, -0.2) is 13.6 Å². The maximum absolute atomic E-state index is 5.80. The van der Waals surface area contributed by atoms with Gasteiger partial charge in [0.2, 0.25) is 0 Å². The monoisotopic (exact) mass is 225 g/mol. The van der Waals surface area contributed by atoms with Crippen LogP contribution < -0.4 is 4.90 Å². The van der Waals surface area contributed by atoms with Gasteiger partial charge in [-0.15, -0.1) is 11.6 Å². The van der Waals surface area contributed by atoms with Gasteiger partial charge in [0, 0.05) is 25.2 Å². The van der Waals surface area contributed by atoms with Crippen LogP contribution in [0.3, 0.4) is 0 Å². The number of anilines is 1. The third-order valence-corrected chi connectivity index (χ3v) is 2.77. The molecule has 0 spiro atoms. The van der Waals surface area contributed by atoms with Gasteiger partial charge in [-0.05, 0) is 30.0 Å². The van der Waals surface area contributed by atoms with Gasteiger partial charge < -0.3 is 4.90 Å². The Balaban J connectivity index is 2.85. The first-order valence-electron chi connectivity index (χ1n) is 5.41. The number of alkyl halides is 1. The zero-order valence-electron chi connectivity index (χ0n) is 10.0. The molecule has 0 unspecified atom stereocenters. The number of halogens is 1. The number of benzene rings is 1. The lowest BCUT2D eigenvalue weighted by Crippen LogP contribution is -2.23. The van der Waals surface area contributed by atoms with E-state index >= 15 is 0 Å². The molecule has 84 valence electrons. The fourth-order valence-electron chi connectivity index (χ4n) is 1.88. The molecule has 1 aromatic carbocycles. The Morgan fingerprint density at radius 2 is 2.00 bits per heavy atom. The first kappa shape index (κ1) is 12.4. The second kappa shape index (κ2) is 5.41. The van der Waals surface area contributed by atoms with E-state index in [1.54, 1.807) is 0 Å². The van der Waals surface area contributed by atoms with Crippen molar-refractivity contribution < 1.29 is 0 Å². The van der Waals surface area contributed by atoms with Gasteiger partial charge in [0.25, 0.3) is 0 Å². The molecule has 0 radical (unpaired) electrons. The van der Waals surface area contributed by atoms with E-state index in [2.05, 4.69) is 50.9 Å². The highest BCUT2D eigenvalue weighted by atomic mass is 35.5. The average Bonchev–Trinajstić information content (AvgIpc) is 2.16. The molecule has 1 aromatic rings. The van der Waals surface area contributed by atoms with Crippen LogP contribution >= 0.6 is 11.6 Å². The molecule has 0 aliphatic rings. The first-order valence-corrected chi connectivity index (χ1v) is 5.94. The van der Waals surface area contributed by atoms with Crippen LogP contribution in [0.1, 0.15) is 25.0 Å². The van der Waals surface area contributed by atoms with Crippen molar-refractivity contribution in [3.05, 3.63) is 29.3 Å². The summed E-state index contributed by atoms with van der Waals surface area (Å²) in [6.45, 7) is 7.70. The van der Waals surface area contributed by atoms with Crippen molar-refractivity contribution >= 4 is 17.3 Å². The van der Waals surface area contributed by atoms with E-state index in [0.29, 0.717) is 11.8 Å². The highest BCUT2D eigenvalue weighted by molar-refractivity contribution is 6.17. The standard InChI is InChI=1S/C13H20ClN/c1-10(2)9-15(4)13-6-5-12(8-14)7-11(13)3/h5-7,10H,8-9H2,1-4H3. The van der Waals surface area contributed by atoms with Gasteiger partial charge >= 0.3 is 0 Å². The Labute approximate surface area is 98.0 Å². The minimum atomic E-state index is 0.592. The quantitative estimate of drug-likeness (QED) is 0.705. The molecule has 0 amide bonds. The molecule has 0 fully saturated rings. The molecule has 0 aromatic heterocycles. The number of nitrogens with zero attached hydrogens (tertiary/aromatic N) is 1. The van der Waals surface area contributed by atoms with Crippen LogP contribution in [0.5, 0.6) is 0 Å². The van der Waals surface area contributed by atoms with E-state index < -0.39 is 0 Å². The molecule has 0 saturated carbocycles. The van der Waals surface area contributed by atoms with E-state index in [1.807, 2.05) is 0 Å². The summed E-state index contributed by atoms with van der Waals surface area (Å²) in [7, 11) is 2.14. The summed E-state index contributed by atoms with van der Waals surface area (Å²) >= 11 is 5.80. The van der Waals surface area contributed by atoms with Gasteiger partial charge in [-0.2, -0.15) is 0 Å². The SMILES string of the molecule is Cc1cc(CCl)ccc1N(C)CC(C)C. The molecule has 0 heterocycles. The summed E-state index contributed by atoms with van der Waals surface area (Å²) in [4.78, 5) is 2.30. The number of aryl methyl sites for hydroxylation is 1. The topological polar surface area (TPSA) is 3.24 Å². The number of rotatable bonds is 4. The van der Waals surface area contributed by atoms with Gasteiger partial charge in [0.05, 0.1) is 0 Å². The third kappa shape index (κ3) is 3.42. The van der Waals surface area contributed by atoms with Crippen LogP contribution in [0.15, 0.2) is 18.2 Å². The average molecular weight is 226 g/mol. The summed E-state index contributed by atoms with van der Waals surface area (Å²) in [6, 6.07) is 6.43. The maximum Gasteiger partial charge on any atom is 0.0474 e. The van der Waals surface area contributed by atoms with E-state index in [0.717, 1.165) is 6.54 Å². The van der Waals surface area contributed by atoms with Gasteiger partial charge in [0.1, 0.15) is 0 Å². The lowest BCUT2D eigenvalue weighted by atomic mass is 10.1. The minimum Gasteiger partial charge on any atom is -0.374 e. The second-order valence-electron chi connectivity index (χ2n) is 4.53. The van der Waals surface area contributed by atoms with Crippen LogP contribution in [-0.2, 0) is 5.88 Å². The van der Waals surface area contributed by atoms with Gasteiger partial charge in [-0.1, -0.05) is 26.0 Å². The molecule has 1 rings (SSSR count). The molecule has 0 saturated heterocycles. The smallest absolute Gasteiger partial charge is 0.0474 e. The fraction of sp³-hybridized carbons (Fsp3) is 0.538. The highest BCUT2D eigenvalue weighted by Crippen LogP contribution is 2.21. The first-order chi connectivity index (χ1) is 7.04. The minimum absolute atomic E-state index is 0.592. The maximum atomic E-state index is 5.80. The zero-order chi connectivity index (χ0) is 11.4. The van der Waals surface area contributed by atoms with Crippen LogP contribution in [0.4, 0.5) is 5.69 Å². The van der Waals surface area contributed by atoms with Crippen molar-refractivity contribution in [3.63, 3.8) is 0 Å². The second-order valence-corrected chi connectivity index (χ2v) is 4.80. The summed E-state index contributed by atoms with van der Waals surface area (Å²) in [5, 5.41) is 0. The van der Waals surface area contributed by atoms with E-state index in [9.17, 15) is 0 Å². The summed E-state index contributed by atoms with van der Waals surface area (Å²) in [6.07, 6.45) is 0. The van der Waals surface area contributed by atoms with Gasteiger partial charge in [0.15, 0.2) is 0 Å². The number of hydrogen-bond acceptors (Lipinski definition) is 1. The molecular weight excluding hydrogens is 206 g/mol. The Morgan fingerprint density at radius 3 is 2.47 bits per heavy atom. The van der Waals surface area contributed by atoms with Crippen molar-refractivity contribution in [3.8, 4) is 0 Å². The largest absolute Gasteiger partial charge is 0.374 e. The molecule has 0 bridgehead atoms. The van der Waals surface area contributed by atoms with Crippen molar-refractivity contribution in [2.75, 3.05) is 18.5 Å². The molecule has 0 aliphatic heterocycles. The van der Waals surface area contributed by atoms with Crippen molar-refractivity contribution in [2.24, 2.45) is 5.92 Å². The van der Waals surface area contributed by atoms with Crippen molar-refractivity contribution in [1.82, 2.24) is 0 Å². The lowest BCUT2D eigenvalue weighted by Gasteiger charge is -2.23. The Bertz CT molecular complexity index is 320. The van der Waals surface area contributed by atoms with Crippen molar-refractivity contribution in [1.29, 1.82) is 0 Å². The lowest BCUT2D eigenvalue weighted by molar-refractivity contribution is 0.638. The fourth-order valence-corrected chi connectivity index (χ4v) is 2.04. The number of hydrogen-bond donors (Lipinski definition) is 0. The molecular formula is C13H20ClN. The molecule has 0 atom stereocenters. The summed E-state index contributed by atoms with van der Waals surface area (Å²) in [5.41, 5.74) is 3.80. The van der Waals surface area contributed by atoms with Gasteiger partial charge in [-0.3, -0.25) is 0 Å². The van der Waals surface area contributed by atoms with E-state index in [4.69, 9.17) is 11.6 Å². The molecule has 15 heavy (non-hydrogen) atoms. The zero-order valence-corrected chi connectivity index (χ0v) is 10.8. The predicted octanol–water partition coefficient (Wildman–Crippen LogP) is 3.83. The Kier molecular flexibility index (Phi) is 4.46. The van der Waals surface area contributed by atoms with Crippen LogP contribution in [0.25, 0.3) is 0 Å². The van der Waals surface area contributed by atoms with Crippen molar-refractivity contribution in [2.45, 2.75) is 26.7 Å². The molecule has 0 aliphatic carbocycles. The van der Waals surface area contributed by atoms with E-state index in [1.165, 1.54) is 16.8 Å². The molecule has 2 heteroatoms. The third-order valence-electron chi connectivity index (χ3n) is 2.47. The molecule has 1 nitrogen and oxygen atoms in total. The highest BCUT2D eigenvalue weighted by Gasteiger charge is 2.06. The Hall–Kier alpha value is -0.690.